The molecule has 16 heavy (non-hydrogen) atoms. The van der Waals surface area contributed by atoms with Gasteiger partial charge in [0.1, 0.15) is 0 Å². The summed E-state index contributed by atoms with van der Waals surface area (Å²) < 4.78 is 0. The van der Waals surface area contributed by atoms with Crippen LogP contribution in [0.15, 0.2) is 30.3 Å². The molecular formula is C12H14N2O2. The van der Waals surface area contributed by atoms with Gasteiger partial charge in [0.2, 0.25) is 0 Å². The number of nitrogens with zero attached hydrogens (tertiary/aromatic N) is 2. The van der Waals surface area contributed by atoms with Crippen molar-refractivity contribution in [3.63, 3.8) is 0 Å². The Hall–Kier alpha value is -1.86. The van der Waals surface area contributed by atoms with Crippen molar-refractivity contribution in [1.82, 2.24) is 4.90 Å². The number of benzene rings is 1. The first kappa shape index (κ1) is 12.2. The highest BCUT2D eigenvalue weighted by molar-refractivity contribution is 5.79. The molecule has 0 aliphatic rings. The molecule has 0 bridgehead atoms. The molecule has 1 N–H and O–H groups in total. The number of rotatable bonds is 5. The summed E-state index contributed by atoms with van der Waals surface area (Å²) in [6.45, 7) is 7.11. The molecule has 0 radical (unpaired) electrons. The third kappa shape index (κ3) is 3.71. The van der Waals surface area contributed by atoms with Crippen molar-refractivity contribution in [2.75, 3.05) is 19.7 Å². The molecule has 0 saturated carbocycles. The van der Waals surface area contributed by atoms with Gasteiger partial charge in [-0.05, 0) is 5.56 Å². The first-order chi connectivity index (χ1) is 7.77. The molecule has 0 heterocycles. The van der Waals surface area contributed by atoms with E-state index in [1.807, 2.05) is 30.3 Å². The highest BCUT2D eigenvalue weighted by Crippen LogP contribution is 2.04. The molecule has 0 aliphatic carbocycles. The van der Waals surface area contributed by atoms with E-state index in [-0.39, 0.29) is 25.6 Å². The molecular weight excluding hydrogens is 204 g/mol. The average Bonchev–Trinajstić information content (AvgIpc) is 2.30. The number of aliphatic hydroxyl groups excluding tert-OH is 1. The standard InChI is InChI=1S/C12H14N2O2/c1-13-9-12(16)14(7-8-15)10-11-5-3-2-4-6-11/h2-6,15H,7-10H2. The van der Waals surface area contributed by atoms with Gasteiger partial charge >= 0.3 is 5.91 Å². The van der Waals surface area contributed by atoms with Gasteiger partial charge < -0.3 is 14.9 Å². The van der Waals surface area contributed by atoms with E-state index in [1.54, 1.807) is 0 Å². The van der Waals surface area contributed by atoms with Crippen LogP contribution in [0.5, 0.6) is 0 Å². The minimum absolute atomic E-state index is 0.0867. The van der Waals surface area contributed by atoms with E-state index >= 15 is 0 Å². The van der Waals surface area contributed by atoms with Gasteiger partial charge in [-0.2, -0.15) is 0 Å². The van der Waals surface area contributed by atoms with E-state index < -0.39 is 0 Å². The van der Waals surface area contributed by atoms with E-state index in [0.29, 0.717) is 6.54 Å². The molecule has 0 atom stereocenters. The topological polar surface area (TPSA) is 44.9 Å². The fraction of sp³-hybridized carbons (Fsp3) is 0.333. The Kier molecular flexibility index (Phi) is 5.03. The molecule has 0 fully saturated rings. The van der Waals surface area contributed by atoms with Crippen molar-refractivity contribution in [2.45, 2.75) is 6.54 Å². The molecule has 1 rings (SSSR count). The summed E-state index contributed by atoms with van der Waals surface area (Å²) in [7, 11) is 0. The smallest absolute Gasteiger partial charge is 0.303 e. The van der Waals surface area contributed by atoms with Crippen LogP contribution in [-0.2, 0) is 11.3 Å². The van der Waals surface area contributed by atoms with Crippen LogP contribution in [0.2, 0.25) is 0 Å². The summed E-state index contributed by atoms with van der Waals surface area (Å²) in [5.41, 5.74) is 0.995. The summed E-state index contributed by atoms with van der Waals surface area (Å²) in [6.07, 6.45) is 0. The van der Waals surface area contributed by atoms with E-state index in [1.165, 1.54) is 4.90 Å². The zero-order valence-corrected chi connectivity index (χ0v) is 8.97. The monoisotopic (exact) mass is 218 g/mol. The van der Waals surface area contributed by atoms with Gasteiger partial charge in [-0.1, -0.05) is 30.3 Å². The molecule has 4 nitrogen and oxygen atoms in total. The highest BCUT2D eigenvalue weighted by atomic mass is 16.3. The Morgan fingerprint density at radius 3 is 2.62 bits per heavy atom. The maximum atomic E-state index is 11.5. The van der Waals surface area contributed by atoms with Crippen molar-refractivity contribution in [2.24, 2.45) is 0 Å². The molecule has 1 aromatic carbocycles. The quantitative estimate of drug-likeness (QED) is 0.747. The van der Waals surface area contributed by atoms with E-state index in [4.69, 9.17) is 11.7 Å². The Morgan fingerprint density at radius 2 is 2.06 bits per heavy atom. The molecule has 0 unspecified atom stereocenters. The molecule has 0 spiro atoms. The predicted octanol–water partition coefficient (Wildman–Crippen LogP) is 0.927. The van der Waals surface area contributed by atoms with Crippen LogP contribution in [0, 0.1) is 6.57 Å². The maximum Gasteiger partial charge on any atom is 0.303 e. The van der Waals surface area contributed by atoms with Gasteiger partial charge in [0, 0.05) is 13.1 Å². The fourth-order valence-electron chi connectivity index (χ4n) is 1.38. The Morgan fingerprint density at radius 1 is 1.38 bits per heavy atom. The van der Waals surface area contributed by atoms with E-state index in [9.17, 15) is 4.79 Å². The molecule has 0 saturated heterocycles. The van der Waals surface area contributed by atoms with Crippen LogP contribution in [-0.4, -0.2) is 35.6 Å². The van der Waals surface area contributed by atoms with Crippen LogP contribution in [0.1, 0.15) is 5.56 Å². The lowest BCUT2D eigenvalue weighted by Crippen LogP contribution is -2.34. The number of hydrogen-bond acceptors (Lipinski definition) is 2. The van der Waals surface area contributed by atoms with E-state index in [0.717, 1.165) is 5.56 Å². The van der Waals surface area contributed by atoms with E-state index in [2.05, 4.69) is 4.85 Å². The van der Waals surface area contributed by atoms with Crippen LogP contribution in [0.25, 0.3) is 4.85 Å². The number of amides is 1. The Labute approximate surface area is 94.9 Å². The average molecular weight is 218 g/mol. The molecule has 1 amide bonds. The third-order valence-corrected chi connectivity index (χ3v) is 2.15. The molecule has 84 valence electrons. The lowest BCUT2D eigenvalue weighted by Gasteiger charge is -2.19. The lowest BCUT2D eigenvalue weighted by atomic mass is 10.2. The second-order valence-electron chi connectivity index (χ2n) is 3.34. The van der Waals surface area contributed by atoms with Crippen LogP contribution in [0.4, 0.5) is 0 Å². The van der Waals surface area contributed by atoms with Gasteiger partial charge in [-0.3, -0.25) is 4.79 Å². The fourth-order valence-corrected chi connectivity index (χ4v) is 1.38. The minimum atomic E-state index is -0.243. The number of carbonyl (C=O) groups is 1. The van der Waals surface area contributed by atoms with Gasteiger partial charge in [-0.15, -0.1) is 0 Å². The van der Waals surface area contributed by atoms with Gasteiger partial charge in [0.25, 0.3) is 6.54 Å². The molecule has 0 aliphatic heterocycles. The zero-order valence-electron chi connectivity index (χ0n) is 8.97. The van der Waals surface area contributed by atoms with Crippen molar-refractivity contribution in [3.8, 4) is 0 Å². The highest BCUT2D eigenvalue weighted by Gasteiger charge is 2.15. The van der Waals surface area contributed by atoms with Gasteiger partial charge in [0.05, 0.1) is 6.61 Å². The SMILES string of the molecule is [C-]#[N+]CC(=O)N(CCO)Cc1ccccc1. The zero-order chi connectivity index (χ0) is 11.8. The molecule has 0 aromatic heterocycles. The second kappa shape index (κ2) is 6.59. The first-order valence-corrected chi connectivity index (χ1v) is 5.03. The van der Waals surface area contributed by atoms with Gasteiger partial charge in [-0.25, -0.2) is 6.57 Å². The number of carbonyl (C=O) groups excluding carboxylic acids is 1. The Bertz CT molecular complexity index is 370. The van der Waals surface area contributed by atoms with Crippen molar-refractivity contribution in [1.29, 1.82) is 0 Å². The predicted molar refractivity (Wildman–Crippen MR) is 60.4 cm³/mol. The summed E-state index contributed by atoms with van der Waals surface area (Å²) in [5, 5.41) is 8.86. The summed E-state index contributed by atoms with van der Waals surface area (Å²) in [6, 6.07) is 9.52. The second-order valence-corrected chi connectivity index (χ2v) is 3.34. The third-order valence-electron chi connectivity index (χ3n) is 2.15. The van der Waals surface area contributed by atoms with Crippen molar-refractivity contribution < 1.29 is 9.90 Å². The van der Waals surface area contributed by atoms with Crippen LogP contribution >= 0.6 is 0 Å². The van der Waals surface area contributed by atoms with Crippen molar-refractivity contribution >= 4 is 5.91 Å². The molecule has 4 heteroatoms. The van der Waals surface area contributed by atoms with Gasteiger partial charge in [0.15, 0.2) is 0 Å². The summed E-state index contributed by atoms with van der Waals surface area (Å²) >= 11 is 0. The maximum absolute atomic E-state index is 11.5. The number of hydrogen-bond donors (Lipinski definition) is 1. The largest absolute Gasteiger partial charge is 0.395 e. The van der Waals surface area contributed by atoms with Crippen LogP contribution in [0.3, 0.4) is 0 Å². The Balaban J connectivity index is 2.65. The normalized spacial score (nSPS) is 9.50. The van der Waals surface area contributed by atoms with Crippen molar-refractivity contribution in [3.05, 3.63) is 47.3 Å². The summed E-state index contributed by atoms with van der Waals surface area (Å²) in [4.78, 5) is 16.1. The molecule has 1 aromatic rings. The summed E-state index contributed by atoms with van der Waals surface area (Å²) in [5.74, 6) is -0.243. The lowest BCUT2D eigenvalue weighted by molar-refractivity contribution is -0.130. The van der Waals surface area contributed by atoms with Crippen LogP contribution < -0.4 is 0 Å². The number of aliphatic hydroxyl groups is 1. The first-order valence-electron chi connectivity index (χ1n) is 5.03. The minimum Gasteiger partial charge on any atom is -0.395 e.